The standard InChI is InChI=1S/C22H25FN4O2/c1-15-12-19-26(14-16-2-3-16)20(28)13-22(27(19)24-15)8-10-25(11-9-22)21(29)17-4-6-18(23)7-5-17/h4-7,12,16H,2-3,8-11,13-14H2,1H3. The molecule has 1 spiro atoms. The number of hydrogen-bond acceptors (Lipinski definition) is 3. The molecule has 1 aliphatic carbocycles. The Morgan fingerprint density at radius 3 is 2.55 bits per heavy atom. The van der Waals surface area contributed by atoms with Gasteiger partial charge >= 0.3 is 0 Å². The molecule has 3 aliphatic rings. The summed E-state index contributed by atoms with van der Waals surface area (Å²) in [4.78, 5) is 29.5. The lowest BCUT2D eigenvalue weighted by molar-refractivity contribution is -0.122. The number of rotatable bonds is 3. The van der Waals surface area contributed by atoms with Crippen molar-refractivity contribution in [3.63, 3.8) is 0 Å². The van der Waals surface area contributed by atoms with E-state index in [1.807, 2.05) is 17.9 Å². The average molecular weight is 396 g/mol. The average Bonchev–Trinajstić information content (AvgIpc) is 3.44. The number of piperidine rings is 1. The molecule has 2 aliphatic heterocycles. The Kier molecular flexibility index (Phi) is 4.22. The number of carbonyl (C=O) groups excluding carboxylic acids is 2. The Hall–Kier alpha value is -2.70. The topological polar surface area (TPSA) is 58.4 Å². The Morgan fingerprint density at radius 2 is 1.90 bits per heavy atom. The first kappa shape index (κ1) is 18.3. The molecule has 0 radical (unpaired) electrons. The first-order valence-corrected chi connectivity index (χ1v) is 10.4. The van der Waals surface area contributed by atoms with Crippen LogP contribution in [0.25, 0.3) is 0 Å². The molecule has 6 nitrogen and oxygen atoms in total. The van der Waals surface area contributed by atoms with E-state index in [9.17, 15) is 14.0 Å². The minimum absolute atomic E-state index is 0.0887. The summed E-state index contributed by atoms with van der Waals surface area (Å²) in [5, 5.41) is 4.76. The Morgan fingerprint density at radius 1 is 1.21 bits per heavy atom. The summed E-state index contributed by atoms with van der Waals surface area (Å²) in [5.41, 5.74) is 1.05. The molecule has 2 fully saturated rings. The quantitative estimate of drug-likeness (QED) is 0.801. The van der Waals surface area contributed by atoms with Crippen molar-refractivity contribution in [1.82, 2.24) is 14.7 Å². The summed E-state index contributed by atoms with van der Waals surface area (Å²) >= 11 is 0. The van der Waals surface area contributed by atoms with Crippen molar-refractivity contribution in [2.24, 2.45) is 5.92 Å². The summed E-state index contributed by atoms with van der Waals surface area (Å²) in [6.07, 6.45) is 4.21. The van der Waals surface area contributed by atoms with Gasteiger partial charge in [0.05, 0.1) is 17.7 Å². The third-order valence-corrected chi connectivity index (χ3v) is 6.53. The Labute approximate surface area is 169 Å². The van der Waals surface area contributed by atoms with Crippen molar-refractivity contribution < 1.29 is 14.0 Å². The van der Waals surface area contributed by atoms with Gasteiger partial charge in [0.15, 0.2) is 0 Å². The predicted molar refractivity (Wildman–Crippen MR) is 106 cm³/mol. The van der Waals surface area contributed by atoms with Gasteiger partial charge in [0.25, 0.3) is 5.91 Å². The highest BCUT2D eigenvalue weighted by molar-refractivity contribution is 5.95. The molecule has 0 atom stereocenters. The van der Waals surface area contributed by atoms with Crippen molar-refractivity contribution in [2.75, 3.05) is 24.5 Å². The summed E-state index contributed by atoms with van der Waals surface area (Å²) in [6.45, 7) is 3.87. The molecule has 2 amide bonds. The van der Waals surface area contributed by atoms with Gasteiger partial charge in [-0.05, 0) is 62.8 Å². The van der Waals surface area contributed by atoms with Crippen LogP contribution in [0.4, 0.5) is 10.2 Å². The smallest absolute Gasteiger partial charge is 0.253 e. The van der Waals surface area contributed by atoms with E-state index in [4.69, 9.17) is 5.10 Å². The molecule has 7 heteroatoms. The van der Waals surface area contributed by atoms with Gasteiger partial charge in [-0.1, -0.05) is 0 Å². The zero-order valence-corrected chi connectivity index (χ0v) is 16.6. The molecule has 1 aromatic heterocycles. The van der Waals surface area contributed by atoms with Crippen LogP contribution in [-0.4, -0.2) is 46.1 Å². The largest absolute Gasteiger partial charge is 0.338 e. The molecule has 5 rings (SSSR count). The number of likely N-dealkylation sites (tertiary alicyclic amines) is 1. The number of hydrogen-bond donors (Lipinski definition) is 0. The maximum absolute atomic E-state index is 13.2. The SMILES string of the molecule is Cc1cc2n(n1)C1(CCN(C(=O)c3ccc(F)cc3)CC1)CC(=O)N2CC1CC1. The van der Waals surface area contributed by atoms with Gasteiger partial charge in [-0.3, -0.25) is 14.5 Å². The molecule has 1 saturated carbocycles. The lowest BCUT2D eigenvalue weighted by Crippen LogP contribution is -2.55. The lowest BCUT2D eigenvalue weighted by atomic mass is 9.82. The van der Waals surface area contributed by atoms with Gasteiger partial charge < -0.3 is 4.90 Å². The van der Waals surface area contributed by atoms with E-state index in [2.05, 4.69) is 4.68 Å². The van der Waals surface area contributed by atoms with Crippen LogP contribution in [0.2, 0.25) is 0 Å². The van der Waals surface area contributed by atoms with Crippen molar-refractivity contribution in [3.05, 3.63) is 47.4 Å². The summed E-state index contributed by atoms with van der Waals surface area (Å²) < 4.78 is 15.2. The molecule has 29 heavy (non-hydrogen) atoms. The second-order valence-corrected chi connectivity index (χ2v) is 8.70. The molecule has 0 bridgehead atoms. The molecular weight excluding hydrogens is 371 g/mol. The molecule has 1 aromatic carbocycles. The number of aryl methyl sites for hydroxylation is 1. The number of amides is 2. The molecule has 152 valence electrons. The molecule has 0 N–H and O–H groups in total. The predicted octanol–water partition coefficient (Wildman–Crippen LogP) is 3.11. The number of halogens is 1. The normalized spacial score (nSPS) is 20.8. The highest BCUT2D eigenvalue weighted by atomic mass is 19.1. The third kappa shape index (κ3) is 3.22. The number of carbonyl (C=O) groups is 2. The zero-order chi connectivity index (χ0) is 20.2. The fraction of sp³-hybridized carbons (Fsp3) is 0.500. The van der Waals surface area contributed by atoms with Gasteiger partial charge in [0, 0.05) is 31.3 Å². The van der Waals surface area contributed by atoms with E-state index in [1.165, 1.54) is 37.1 Å². The van der Waals surface area contributed by atoms with Crippen LogP contribution in [-0.2, 0) is 10.3 Å². The maximum atomic E-state index is 13.2. The zero-order valence-electron chi connectivity index (χ0n) is 16.6. The summed E-state index contributed by atoms with van der Waals surface area (Å²) in [6, 6.07) is 7.68. The lowest BCUT2D eigenvalue weighted by Gasteiger charge is -2.46. The fourth-order valence-corrected chi connectivity index (χ4v) is 4.65. The van der Waals surface area contributed by atoms with Crippen LogP contribution in [0.1, 0.15) is 48.2 Å². The van der Waals surface area contributed by atoms with Gasteiger partial charge in [0.2, 0.25) is 5.91 Å². The number of nitrogens with zero attached hydrogens (tertiary/aromatic N) is 4. The van der Waals surface area contributed by atoms with Crippen molar-refractivity contribution in [2.45, 2.75) is 44.6 Å². The minimum atomic E-state index is -0.361. The first-order valence-electron chi connectivity index (χ1n) is 10.4. The first-order chi connectivity index (χ1) is 13.9. The van der Waals surface area contributed by atoms with Crippen molar-refractivity contribution in [1.29, 1.82) is 0 Å². The Balaban J connectivity index is 1.37. The third-order valence-electron chi connectivity index (χ3n) is 6.53. The summed E-state index contributed by atoms with van der Waals surface area (Å²) in [5.74, 6) is 1.25. The van der Waals surface area contributed by atoms with E-state index >= 15 is 0 Å². The fourth-order valence-electron chi connectivity index (χ4n) is 4.65. The maximum Gasteiger partial charge on any atom is 0.253 e. The van der Waals surface area contributed by atoms with Crippen LogP contribution in [0.3, 0.4) is 0 Å². The molecular formula is C22H25FN4O2. The molecule has 3 heterocycles. The second-order valence-electron chi connectivity index (χ2n) is 8.70. The molecule has 0 unspecified atom stereocenters. The number of fused-ring (bicyclic) bond motifs is 2. The molecule has 1 saturated heterocycles. The van der Waals surface area contributed by atoms with E-state index in [0.717, 1.165) is 18.1 Å². The van der Waals surface area contributed by atoms with Crippen molar-refractivity contribution in [3.8, 4) is 0 Å². The Bertz CT molecular complexity index is 956. The van der Waals surface area contributed by atoms with Crippen LogP contribution >= 0.6 is 0 Å². The van der Waals surface area contributed by atoms with Gasteiger partial charge in [-0.15, -0.1) is 0 Å². The molecule has 2 aromatic rings. The number of anilines is 1. The van der Waals surface area contributed by atoms with E-state index in [1.54, 1.807) is 4.90 Å². The van der Waals surface area contributed by atoms with Gasteiger partial charge in [0.1, 0.15) is 11.6 Å². The van der Waals surface area contributed by atoms with Crippen LogP contribution in [0.15, 0.2) is 30.3 Å². The number of aromatic nitrogens is 2. The minimum Gasteiger partial charge on any atom is -0.338 e. The number of benzene rings is 1. The highest BCUT2D eigenvalue weighted by Gasteiger charge is 2.47. The van der Waals surface area contributed by atoms with E-state index in [0.29, 0.717) is 43.8 Å². The monoisotopic (exact) mass is 396 g/mol. The van der Waals surface area contributed by atoms with Crippen LogP contribution in [0.5, 0.6) is 0 Å². The van der Waals surface area contributed by atoms with E-state index in [-0.39, 0.29) is 23.2 Å². The van der Waals surface area contributed by atoms with E-state index < -0.39 is 0 Å². The van der Waals surface area contributed by atoms with Crippen LogP contribution < -0.4 is 4.90 Å². The van der Waals surface area contributed by atoms with Gasteiger partial charge in [-0.2, -0.15) is 5.10 Å². The highest BCUT2D eigenvalue weighted by Crippen LogP contribution is 2.43. The summed E-state index contributed by atoms with van der Waals surface area (Å²) in [7, 11) is 0. The second kappa shape index (κ2) is 6.68. The van der Waals surface area contributed by atoms with Crippen molar-refractivity contribution >= 4 is 17.6 Å². The van der Waals surface area contributed by atoms with Gasteiger partial charge in [-0.25, -0.2) is 9.07 Å². The van der Waals surface area contributed by atoms with Crippen LogP contribution in [0, 0.1) is 18.7 Å².